The number of rotatable bonds is 4. The summed E-state index contributed by atoms with van der Waals surface area (Å²) >= 11 is 0. The van der Waals surface area contributed by atoms with Crippen LogP contribution in [0.2, 0.25) is 0 Å². The largest absolute Gasteiger partial charge is 0.353 e. The fraction of sp³-hybridized carbons (Fsp3) is 0.562. The summed E-state index contributed by atoms with van der Waals surface area (Å²) in [5.41, 5.74) is 0. The molecule has 4 heterocycles. The zero-order chi connectivity index (χ0) is 17.1. The molecule has 0 atom stereocenters. The molecule has 0 bridgehead atoms. The maximum absolute atomic E-state index is 12.3. The Morgan fingerprint density at radius 1 is 1.04 bits per heavy atom. The summed E-state index contributed by atoms with van der Waals surface area (Å²) in [5, 5.41) is 3.99. The van der Waals surface area contributed by atoms with Gasteiger partial charge in [-0.2, -0.15) is 10.1 Å². The highest BCUT2D eigenvalue weighted by molar-refractivity contribution is 5.76. The highest BCUT2D eigenvalue weighted by atomic mass is 16.2. The predicted molar refractivity (Wildman–Crippen MR) is 92.3 cm³/mol. The Morgan fingerprint density at radius 2 is 1.84 bits per heavy atom. The van der Waals surface area contributed by atoms with E-state index in [1.807, 2.05) is 17.2 Å². The number of nitrogens with zero attached hydrogens (tertiary/aromatic N) is 8. The van der Waals surface area contributed by atoms with E-state index in [4.69, 9.17) is 4.98 Å². The lowest BCUT2D eigenvalue weighted by atomic mass is 10.3. The van der Waals surface area contributed by atoms with Crippen molar-refractivity contribution in [2.24, 2.45) is 0 Å². The van der Waals surface area contributed by atoms with Crippen LogP contribution in [0.25, 0.3) is 0 Å². The summed E-state index contributed by atoms with van der Waals surface area (Å²) in [6.45, 7) is 5.25. The average Bonchev–Trinajstić information content (AvgIpc) is 3.36. The van der Waals surface area contributed by atoms with Gasteiger partial charge in [-0.25, -0.2) is 14.6 Å². The van der Waals surface area contributed by atoms with Crippen LogP contribution in [0.1, 0.15) is 12.8 Å². The van der Waals surface area contributed by atoms with E-state index in [9.17, 15) is 4.79 Å². The van der Waals surface area contributed by atoms with Crippen molar-refractivity contribution in [1.29, 1.82) is 0 Å². The van der Waals surface area contributed by atoms with Crippen molar-refractivity contribution >= 4 is 17.7 Å². The van der Waals surface area contributed by atoms with Gasteiger partial charge in [-0.1, -0.05) is 0 Å². The predicted octanol–water partition coefficient (Wildman–Crippen LogP) is 0.0171. The number of hydrogen-bond acceptors (Lipinski definition) is 7. The standard InChI is InChI=1S/C16H22N8O/c25-15(11-24-13-17-12-19-24)22-9-7-21(8-10-22)14-3-4-18-16(20-14)23-5-1-2-6-23/h3-4,12-13H,1-2,5-11H2. The molecule has 0 N–H and O–H groups in total. The van der Waals surface area contributed by atoms with Crippen LogP contribution in [0.4, 0.5) is 11.8 Å². The number of hydrogen-bond donors (Lipinski definition) is 0. The lowest BCUT2D eigenvalue weighted by molar-refractivity contribution is -0.132. The third-order valence-corrected chi connectivity index (χ3v) is 4.74. The Kier molecular flexibility index (Phi) is 4.45. The van der Waals surface area contributed by atoms with Gasteiger partial charge >= 0.3 is 0 Å². The van der Waals surface area contributed by atoms with Crippen molar-refractivity contribution in [2.45, 2.75) is 19.4 Å². The van der Waals surface area contributed by atoms with Crippen LogP contribution in [0, 0.1) is 0 Å². The molecule has 4 rings (SSSR count). The minimum absolute atomic E-state index is 0.0746. The molecular weight excluding hydrogens is 320 g/mol. The van der Waals surface area contributed by atoms with Gasteiger partial charge < -0.3 is 14.7 Å². The van der Waals surface area contributed by atoms with Gasteiger partial charge in [0.25, 0.3) is 0 Å². The van der Waals surface area contributed by atoms with Crippen LogP contribution < -0.4 is 9.80 Å². The Labute approximate surface area is 146 Å². The fourth-order valence-electron chi connectivity index (χ4n) is 3.32. The molecule has 2 aliphatic rings. The van der Waals surface area contributed by atoms with Crippen molar-refractivity contribution in [3.05, 3.63) is 24.9 Å². The molecule has 2 aromatic heterocycles. The van der Waals surface area contributed by atoms with Gasteiger partial charge in [-0.05, 0) is 18.9 Å². The molecule has 2 fully saturated rings. The first-order valence-corrected chi connectivity index (χ1v) is 8.73. The first-order chi connectivity index (χ1) is 12.3. The summed E-state index contributed by atoms with van der Waals surface area (Å²) in [4.78, 5) is 31.7. The quantitative estimate of drug-likeness (QED) is 0.774. The smallest absolute Gasteiger partial charge is 0.244 e. The molecule has 0 spiro atoms. The highest BCUT2D eigenvalue weighted by Crippen LogP contribution is 2.20. The van der Waals surface area contributed by atoms with Crippen molar-refractivity contribution < 1.29 is 4.79 Å². The average molecular weight is 342 g/mol. The van der Waals surface area contributed by atoms with Crippen LogP contribution >= 0.6 is 0 Å². The molecule has 0 radical (unpaired) electrons. The third kappa shape index (κ3) is 3.54. The molecule has 0 aromatic carbocycles. The van der Waals surface area contributed by atoms with Crippen LogP contribution in [0.3, 0.4) is 0 Å². The van der Waals surface area contributed by atoms with E-state index in [0.717, 1.165) is 37.9 Å². The van der Waals surface area contributed by atoms with E-state index in [-0.39, 0.29) is 12.5 Å². The molecule has 2 saturated heterocycles. The van der Waals surface area contributed by atoms with Gasteiger partial charge in [0.05, 0.1) is 0 Å². The summed E-state index contributed by atoms with van der Waals surface area (Å²) in [7, 11) is 0. The van der Waals surface area contributed by atoms with Crippen LogP contribution in [0.5, 0.6) is 0 Å². The van der Waals surface area contributed by atoms with E-state index in [2.05, 4.69) is 24.9 Å². The Morgan fingerprint density at radius 3 is 2.56 bits per heavy atom. The second kappa shape index (κ2) is 7.04. The summed E-state index contributed by atoms with van der Waals surface area (Å²) in [6, 6.07) is 1.95. The highest BCUT2D eigenvalue weighted by Gasteiger charge is 2.23. The molecule has 9 heteroatoms. The molecule has 1 amide bonds. The van der Waals surface area contributed by atoms with E-state index in [1.54, 1.807) is 11.0 Å². The van der Waals surface area contributed by atoms with Gasteiger partial charge in [0.1, 0.15) is 25.0 Å². The number of anilines is 2. The SMILES string of the molecule is O=C(Cn1cncn1)N1CCN(c2ccnc(N3CCCC3)n2)CC1. The molecule has 2 aliphatic heterocycles. The Bertz CT molecular complexity index is 705. The normalized spacial score (nSPS) is 18.0. The maximum atomic E-state index is 12.3. The van der Waals surface area contributed by atoms with E-state index < -0.39 is 0 Å². The summed E-state index contributed by atoms with van der Waals surface area (Å²) in [5.74, 6) is 1.84. The molecule has 25 heavy (non-hydrogen) atoms. The van der Waals surface area contributed by atoms with Gasteiger partial charge in [-0.3, -0.25) is 4.79 Å². The molecule has 132 valence electrons. The summed E-state index contributed by atoms with van der Waals surface area (Å²) < 4.78 is 1.56. The van der Waals surface area contributed by atoms with Crippen molar-refractivity contribution in [2.75, 3.05) is 49.1 Å². The first kappa shape index (κ1) is 15.8. The number of piperazine rings is 1. The van der Waals surface area contributed by atoms with Crippen LogP contribution in [-0.2, 0) is 11.3 Å². The van der Waals surface area contributed by atoms with Crippen molar-refractivity contribution in [3.8, 4) is 0 Å². The molecule has 0 aliphatic carbocycles. The molecule has 2 aromatic rings. The molecule has 0 saturated carbocycles. The Hall–Kier alpha value is -2.71. The van der Waals surface area contributed by atoms with Gasteiger partial charge in [0.2, 0.25) is 11.9 Å². The fourth-order valence-corrected chi connectivity index (χ4v) is 3.32. The van der Waals surface area contributed by atoms with Gasteiger partial charge in [0, 0.05) is 45.5 Å². The zero-order valence-corrected chi connectivity index (χ0v) is 14.2. The topological polar surface area (TPSA) is 83.3 Å². The Balaban J connectivity index is 1.35. The van der Waals surface area contributed by atoms with E-state index >= 15 is 0 Å². The zero-order valence-electron chi connectivity index (χ0n) is 14.2. The second-order valence-corrected chi connectivity index (χ2v) is 6.37. The lowest BCUT2D eigenvalue weighted by Crippen LogP contribution is -2.50. The number of amides is 1. The van der Waals surface area contributed by atoms with E-state index in [0.29, 0.717) is 13.1 Å². The maximum Gasteiger partial charge on any atom is 0.244 e. The first-order valence-electron chi connectivity index (χ1n) is 8.73. The van der Waals surface area contributed by atoms with E-state index in [1.165, 1.54) is 19.2 Å². The molecule has 0 unspecified atom stereocenters. The van der Waals surface area contributed by atoms with Gasteiger partial charge in [-0.15, -0.1) is 0 Å². The van der Waals surface area contributed by atoms with Crippen LogP contribution in [0.15, 0.2) is 24.9 Å². The minimum atomic E-state index is 0.0746. The van der Waals surface area contributed by atoms with Crippen molar-refractivity contribution in [1.82, 2.24) is 29.6 Å². The third-order valence-electron chi connectivity index (χ3n) is 4.74. The van der Waals surface area contributed by atoms with Crippen molar-refractivity contribution in [3.63, 3.8) is 0 Å². The van der Waals surface area contributed by atoms with Crippen LogP contribution in [-0.4, -0.2) is 74.8 Å². The number of aromatic nitrogens is 5. The number of carbonyl (C=O) groups excluding carboxylic acids is 1. The molecule has 9 nitrogen and oxygen atoms in total. The monoisotopic (exact) mass is 342 g/mol. The minimum Gasteiger partial charge on any atom is -0.353 e. The number of carbonyl (C=O) groups is 1. The second-order valence-electron chi connectivity index (χ2n) is 6.37. The lowest BCUT2D eigenvalue weighted by Gasteiger charge is -2.35. The van der Waals surface area contributed by atoms with Gasteiger partial charge in [0.15, 0.2) is 0 Å². The molecular formula is C16H22N8O. The summed E-state index contributed by atoms with van der Waals surface area (Å²) in [6.07, 6.45) is 7.26.